The summed E-state index contributed by atoms with van der Waals surface area (Å²) in [5, 5.41) is 29.1. The fraction of sp³-hybridized carbons (Fsp3) is 1.00. The fourth-order valence-electron chi connectivity index (χ4n) is 2.29. The summed E-state index contributed by atoms with van der Waals surface area (Å²) < 4.78 is 16.0. The summed E-state index contributed by atoms with van der Waals surface area (Å²) >= 11 is 0. The van der Waals surface area contributed by atoms with Crippen LogP contribution in [0.15, 0.2) is 0 Å². The van der Waals surface area contributed by atoms with Gasteiger partial charge >= 0.3 is 8.80 Å². The van der Waals surface area contributed by atoms with Crippen molar-refractivity contribution in [1.29, 1.82) is 0 Å². The molecule has 3 atom stereocenters. The lowest BCUT2D eigenvalue weighted by atomic mass is 10.0. The molecule has 0 saturated heterocycles. The van der Waals surface area contributed by atoms with Crippen LogP contribution in [0.5, 0.6) is 0 Å². The van der Waals surface area contributed by atoms with Crippen LogP contribution in [-0.4, -0.2) is 70.3 Å². The van der Waals surface area contributed by atoms with Crippen molar-refractivity contribution in [3.05, 3.63) is 0 Å². The molecule has 0 fully saturated rings. The van der Waals surface area contributed by atoms with E-state index in [1.54, 1.807) is 21.3 Å². The van der Waals surface area contributed by atoms with Crippen LogP contribution >= 0.6 is 0 Å². The Morgan fingerprint density at radius 3 is 1.59 bits per heavy atom. The lowest BCUT2D eigenvalue weighted by molar-refractivity contribution is 0.0857. The van der Waals surface area contributed by atoms with Crippen LogP contribution in [0.25, 0.3) is 0 Å². The molecule has 0 radical (unpaired) electrons. The van der Waals surface area contributed by atoms with E-state index in [9.17, 15) is 15.3 Å². The summed E-state index contributed by atoms with van der Waals surface area (Å²) in [6, 6.07) is 0.652. The molecule has 0 amide bonds. The molecule has 0 saturated carbocycles. The van der Waals surface area contributed by atoms with E-state index >= 15 is 0 Å². The zero-order valence-electron chi connectivity index (χ0n) is 14.0. The number of aliphatic hydroxyl groups is 3. The van der Waals surface area contributed by atoms with Crippen molar-refractivity contribution in [2.24, 2.45) is 5.73 Å². The molecule has 0 aromatic rings. The molecular weight excluding hydrogens is 306 g/mol. The van der Waals surface area contributed by atoms with Gasteiger partial charge in [0, 0.05) is 33.9 Å². The monoisotopic (exact) mass is 339 g/mol. The number of rotatable bonds is 14. The van der Waals surface area contributed by atoms with Gasteiger partial charge in [0.25, 0.3) is 0 Å². The molecule has 0 aromatic carbocycles. The maximum Gasteiger partial charge on any atom is 0.500 e. The van der Waals surface area contributed by atoms with E-state index in [1.165, 1.54) is 0 Å². The average molecular weight is 340 g/mol. The maximum absolute atomic E-state index is 9.95. The van der Waals surface area contributed by atoms with Crippen molar-refractivity contribution < 1.29 is 28.6 Å². The van der Waals surface area contributed by atoms with Gasteiger partial charge < -0.3 is 34.3 Å². The van der Waals surface area contributed by atoms with Crippen LogP contribution in [0.4, 0.5) is 0 Å². The minimum Gasteiger partial charge on any atom is -0.393 e. The van der Waals surface area contributed by atoms with Crippen LogP contribution in [0.2, 0.25) is 6.04 Å². The lowest BCUT2D eigenvalue weighted by Gasteiger charge is -2.24. The average Bonchev–Trinajstić information content (AvgIpc) is 2.55. The van der Waals surface area contributed by atoms with Crippen LogP contribution in [0, 0.1) is 0 Å². The van der Waals surface area contributed by atoms with Crippen LogP contribution < -0.4 is 5.73 Å². The Balaban J connectivity index is 3.83. The van der Waals surface area contributed by atoms with Crippen LogP contribution in [0.3, 0.4) is 0 Å². The smallest absolute Gasteiger partial charge is 0.393 e. The summed E-state index contributed by atoms with van der Waals surface area (Å²) in [5.41, 5.74) is 5.31. The van der Waals surface area contributed by atoms with E-state index in [4.69, 9.17) is 19.0 Å². The third-order valence-corrected chi connectivity index (χ3v) is 6.72. The number of hydrogen-bond acceptors (Lipinski definition) is 7. The van der Waals surface area contributed by atoms with Gasteiger partial charge in [0.1, 0.15) is 0 Å². The Kier molecular flexibility index (Phi) is 12.3. The molecule has 5 N–H and O–H groups in total. The fourth-order valence-corrected chi connectivity index (χ4v) is 4.04. The van der Waals surface area contributed by atoms with E-state index in [-0.39, 0.29) is 6.54 Å². The molecule has 0 aliphatic carbocycles. The molecule has 134 valence electrons. The summed E-state index contributed by atoms with van der Waals surface area (Å²) in [6.45, 7) is 0.208. The number of aliphatic hydroxyl groups excluding tert-OH is 3. The Labute approximate surface area is 134 Å². The van der Waals surface area contributed by atoms with Gasteiger partial charge in [0.15, 0.2) is 0 Å². The van der Waals surface area contributed by atoms with Crippen LogP contribution in [-0.2, 0) is 13.3 Å². The molecular formula is C14H33NO6Si. The maximum atomic E-state index is 9.95. The normalized spacial score (nSPS) is 16.5. The van der Waals surface area contributed by atoms with Crippen molar-refractivity contribution in [1.82, 2.24) is 0 Å². The van der Waals surface area contributed by atoms with Crippen LogP contribution in [0.1, 0.15) is 38.5 Å². The highest BCUT2D eigenvalue weighted by Gasteiger charge is 2.37. The van der Waals surface area contributed by atoms with E-state index in [0.717, 1.165) is 6.42 Å². The number of nitrogens with two attached hydrogens (primary N) is 1. The van der Waals surface area contributed by atoms with E-state index in [0.29, 0.717) is 38.1 Å². The van der Waals surface area contributed by atoms with Crippen molar-refractivity contribution in [3.63, 3.8) is 0 Å². The third kappa shape index (κ3) is 9.16. The van der Waals surface area contributed by atoms with Gasteiger partial charge in [0.2, 0.25) is 0 Å². The molecule has 3 unspecified atom stereocenters. The molecule has 0 heterocycles. The number of hydrogen-bond donors (Lipinski definition) is 4. The topological polar surface area (TPSA) is 114 Å². The zero-order chi connectivity index (χ0) is 17.0. The third-order valence-electron chi connectivity index (χ3n) is 3.89. The predicted octanol–water partition coefficient (Wildman–Crippen LogP) is 0.247. The van der Waals surface area contributed by atoms with Gasteiger partial charge in [-0.15, -0.1) is 0 Å². The highest BCUT2D eigenvalue weighted by molar-refractivity contribution is 6.60. The summed E-state index contributed by atoms with van der Waals surface area (Å²) in [5.74, 6) is 0. The standard InChI is InChI=1S/C14H33NO6Si/c1-19-22(20-2,21-3)10-4-5-12(16)6-7-13(17)8-9-14(18)11-15/h12-14,16-18H,4-11,15H2,1-3H3. The SMILES string of the molecule is CO[Si](CCCC(O)CCC(O)CCC(O)CN)(OC)OC. The van der Waals surface area contributed by atoms with Gasteiger partial charge in [-0.25, -0.2) is 0 Å². The van der Waals surface area contributed by atoms with Crippen molar-refractivity contribution in [2.75, 3.05) is 27.9 Å². The molecule has 0 spiro atoms. The lowest BCUT2D eigenvalue weighted by Crippen LogP contribution is -2.42. The largest absolute Gasteiger partial charge is 0.500 e. The first-order valence-corrected chi connectivity index (χ1v) is 9.75. The first kappa shape index (κ1) is 21.9. The minimum absolute atomic E-state index is 0.208. The second-order valence-corrected chi connectivity index (χ2v) is 8.63. The first-order chi connectivity index (χ1) is 10.4. The van der Waals surface area contributed by atoms with Gasteiger partial charge in [-0.3, -0.25) is 0 Å². The van der Waals surface area contributed by atoms with Gasteiger partial charge in [0.05, 0.1) is 18.3 Å². The predicted molar refractivity (Wildman–Crippen MR) is 86.4 cm³/mol. The molecule has 0 bridgehead atoms. The molecule has 22 heavy (non-hydrogen) atoms. The zero-order valence-corrected chi connectivity index (χ0v) is 15.0. The Hall–Kier alpha value is -0.0631. The highest BCUT2D eigenvalue weighted by atomic mass is 28.4. The quantitative estimate of drug-likeness (QED) is 0.335. The van der Waals surface area contributed by atoms with E-state index in [2.05, 4.69) is 0 Å². The van der Waals surface area contributed by atoms with Gasteiger partial charge in [-0.05, 0) is 38.5 Å². The van der Waals surface area contributed by atoms with Gasteiger partial charge in [-0.1, -0.05) is 0 Å². The van der Waals surface area contributed by atoms with Crippen molar-refractivity contribution in [3.8, 4) is 0 Å². The molecule has 0 aliphatic rings. The Morgan fingerprint density at radius 2 is 1.18 bits per heavy atom. The summed E-state index contributed by atoms with van der Waals surface area (Å²) in [4.78, 5) is 0. The van der Waals surface area contributed by atoms with E-state index in [1.807, 2.05) is 0 Å². The molecule has 0 rings (SSSR count). The molecule has 8 heteroatoms. The summed E-state index contributed by atoms with van der Waals surface area (Å²) in [6.07, 6.45) is 1.84. The van der Waals surface area contributed by atoms with Crippen molar-refractivity contribution >= 4 is 8.80 Å². The second kappa shape index (κ2) is 12.4. The molecule has 0 aromatic heterocycles. The van der Waals surface area contributed by atoms with Crippen molar-refractivity contribution in [2.45, 2.75) is 62.9 Å². The second-order valence-electron chi connectivity index (χ2n) is 5.54. The highest BCUT2D eigenvalue weighted by Crippen LogP contribution is 2.19. The summed E-state index contributed by atoms with van der Waals surface area (Å²) in [7, 11) is 2.15. The molecule has 0 aliphatic heterocycles. The Morgan fingerprint density at radius 1 is 0.773 bits per heavy atom. The first-order valence-electron chi connectivity index (χ1n) is 7.82. The molecule has 7 nitrogen and oxygen atoms in total. The van der Waals surface area contributed by atoms with Gasteiger partial charge in [-0.2, -0.15) is 0 Å². The Bertz CT molecular complexity index is 259. The minimum atomic E-state index is -2.56. The van der Waals surface area contributed by atoms with E-state index < -0.39 is 27.1 Å².